The molecule has 0 saturated heterocycles. The predicted octanol–water partition coefficient (Wildman–Crippen LogP) is 2.42. The van der Waals surface area contributed by atoms with Crippen LogP contribution in [0.2, 0.25) is 0 Å². The standard InChI is InChI=1S/C15H18N4O2S.ClH/c1-2-6-17-14(20)10-4-3-5-11(7-10)18-15(21)12-9-22-13(8-16)19-12;/h3-5,7,9H,2,6,8,16H2,1H3,(H,17,20)(H,18,21);1H. The lowest BCUT2D eigenvalue weighted by molar-refractivity contribution is 0.0952. The minimum atomic E-state index is -0.318. The number of nitrogens with two attached hydrogens (primary N) is 1. The SMILES string of the molecule is CCCNC(=O)c1cccc(NC(=O)c2csc(CN)n2)c1.Cl. The number of amides is 2. The quantitative estimate of drug-likeness (QED) is 0.742. The van der Waals surface area contributed by atoms with Gasteiger partial charge in [0.25, 0.3) is 11.8 Å². The molecule has 0 spiro atoms. The number of halogens is 1. The average Bonchev–Trinajstić information content (AvgIpc) is 3.02. The number of hydrogen-bond donors (Lipinski definition) is 3. The Morgan fingerprint density at radius 3 is 2.74 bits per heavy atom. The second-order valence-electron chi connectivity index (χ2n) is 4.62. The summed E-state index contributed by atoms with van der Waals surface area (Å²) in [5.74, 6) is -0.473. The Morgan fingerprint density at radius 1 is 1.30 bits per heavy atom. The van der Waals surface area contributed by atoms with E-state index in [0.717, 1.165) is 6.42 Å². The van der Waals surface area contributed by atoms with Crippen molar-refractivity contribution in [1.82, 2.24) is 10.3 Å². The van der Waals surface area contributed by atoms with Gasteiger partial charge in [-0.1, -0.05) is 13.0 Å². The van der Waals surface area contributed by atoms with Crippen LogP contribution in [0.4, 0.5) is 5.69 Å². The topological polar surface area (TPSA) is 97.1 Å². The lowest BCUT2D eigenvalue weighted by Crippen LogP contribution is -2.24. The number of carbonyl (C=O) groups is 2. The van der Waals surface area contributed by atoms with Gasteiger partial charge in [-0.2, -0.15) is 0 Å². The van der Waals surface area contributed by atoms with E-state index >= 15 is 0 Å². The number of rotatable bonds is 6. The van der Waals surface area contributed by atoms with Crippen LogP contribution in [0.5, 0.6) is 0 Å². The molecule has 0 unspecified atom stereocenters. The molecule has 0 radical (unpaired) electrons. The maximum Gasteiger partial charge on any atom is 0.275 e. The largest absolute Gasteiger partial charge is 0.352 e. The number of anilines is 1. The normalized spacial score (nSPS) is 9.83. The molecule has 8 heteroatoms. The third-order valence-electron chi connectivity index (χ3n) is 2.88. The molecule has 2 aromatic rings. The molecular formula is C15H19ClN4O2S. The molecule has 6 nitrogen and oxygen atoms in total. The van der Waals surface area contributed by atoms with Crippen LogP contribution in [0.1, 0.15) is 39.2 Å². The van der Waals surface area contributed by atoms with Crippen LogP contribution in [0.25, 0.3) is 0 Å². The number of nitrogens with zero attached hydrogens (tertiary/aromatic N) is 1. The lowest BCUT2D eigenvalue weighted by atomic mass is 10.2. The van der Waals surface area contributed by atoms with Crippen molar-refractivity contribution < 1.29 is 9.59 Å². The molecule has 2 rings (SSSR count). The fourth-order valence-electron chi connectivity index (χ4n) is 1.78. The highest BCUT2D eigenvalue weighted by Crippen LogP contribution is 2.14. The van der Waals surface area contributed by atoms with Crippen LogP contribution in [-0.4, -0.2) is 23.3 Å². The van der Waals surface area contributed by atoms with Crippen molar-refractivity contribution in [2.75, 3.05) is 11.9 Å². The Bertz CT molecular complexity index is 675. The van der Waals surface area contributed by atoms with Crippen LogP contribution < -0.4 is 16.4 Å². The van der Waals surface area contributed by atoms with E-state index in [1.54, 1.807) is 29.6 Å². The third kappa shape index (κ3) is 5.31. The van der Waals surface area contributed by atoms with E-state index in [1.807, 2.05) is 6.92 Å². The molecule has 0 aliphatic carbocycles. The van der Waals surface area contributed by atoms with Gasteiger partial charge in [-0.15, -0.1) is 23.7 Å². The molecule has 124 valence electrons. The van der Waals surface area contributed by atoms with Gasteiger partial charge >= 0.3 is 0 Å². The molecule has 0 fully saturated rings. The lowest BCUT2D eigenvalue weighted by Gasteiger charge is -2.07. The molecule has 0 atom stereocenters. The fourth-order valence-corrected chi connectivity index (χ4v) is 2.44. The van der Waals surface area contributed by atoms with Crippen molar-refractivity contribution in [3.8, 4) is 0 Å². The zero-order valence-corrected chi connectivity index (χ0v) is 14.3. The highest BCUT2D eigenvalue weighted by molar-refractivity contribution is 7.09. The summed E-state index contributed by atoms with van der Waals surface area (Å²) >= 11 is 1.34. The minimum Gasteiger partial charge on any atom is -0.352 e. The van der Waals surface area contributed by atoms with Crippen LogP contribution in [0.3, 0.4) is 0 Å². The summed E-state index contributed by atoms with van der Waals surface area (Å²) in [7, 11) is 0. The minimum absolute atomic E-state index is 0. The molecule has 4 N–H and O–H groups in total. The third-order valence-corrected chi connectivity index (χ3v) is 3.75. The molecule has 0 aliphatic rings. The molecule has 1 aromatic heterocycles. The summed E-state index contributed by atoms with van der Waals surface area (Å²) < 4.78 is 0. The van der Waals surface area contributed by atoms with Gasteiger partial charge in [0.1, 0.15) is 10.7 Å². The molecular weight excluding hydrogens is 336 g/mol. The first-order valence-electron chi connectivity index (χ1n) is 6.98. The Kier molecular flexibility index (Phi) is 7.67. The summed E-state index contributed by atoms with van der Waals surface area (Å²) in [6.45, 7) is 2.92. The molecule has 1 heterocycles. The maximum atomic E-state index is 12.1. The molecule has 0 aliphatic heterocycles. The molecule has 2 amide bonds. The molecule has 23 heavy (non-hydrogen) atoms. The van der Waals surface area contributed by atoms with Gasteiger partial charge < -0.3 is 16.4 Å². The second-order valence-corrected chi connectivity index (χ2v) is 5.56. The molecule has 0 bridgehead atoms. The van der Waals surface area contributed by atoms with E-state index in [1.165, 1.54) is 11.3 Å². The van der Waals surface area contributed by atoms with Gasteiger partial charge in [-0.05, 0) is 24.6 Å². The van der Waals surface area contributed by atoms with Crippen molar-refractivity contribution in [2.24, 2.45) is 5.73 Å². The highest BCUT2D eigenvalue weighted by Gasteiger charge is 2.12. The summed E-state index contributed by atoms with van der Waals surface area (Å²) in [4.78, 5) is 28.1. The number of hydrogen-bond acceptors (Lipinski definition) is 5. The second kappa shape index (κ2) is 9.24. The highest BCUT2D eigenvalue weighted by atomic mass is 35.5. The van der Waals surface area contributed by atoms with Crippen molar-refractivity contribution in [1.29, 1.82) is 0 Å². The Balaban J connectivity index is 0.00000264. The van der Waals surface area contributed by atoms with Gasteiger partial charge in [-0.3, -0.25) is 9.59 Å². The van der Waals surface area contributed by atoms with E-state index < -0.39 is 0 Å². The van der Waals surface area contributed by atoms with E-state index in [9.17, 15) is 9.59 Å². The monoisotopic (exact) mass is 354 g/mol. The summed E-state index contributed by atoms with van der Waals surface area (Å²) in [5, 5.41) is 7.90. The van der Waals surface area contributed by atoms with Crippen molar-refractivity contribution in [3.05, 3.63) is 45.9 Å². The first-order valence-corrected chi connectivity index (χ1v) is 7.86. The van der Waals surface area contributed by atoms with Crippen LogP contribution >= 0.6 is 23.7 Å². The maximum absolute atomic E-state index is 12.1. The number of benzene rings is 1. The number of thiazole rings is 1. The number of aromatic nitrogens is 1. The van der Waals surface area contributed by atoms with Crippen LogP contribution in [0.15, 0.2) is 29.6 Å². The van der Waals surface area contributed by atoms with E-state index in [0.29, 0.717) is 35.0 Å². The van der Waals surface area contributed by atoms with Crippen LogP contribution in [-0.2, 0) is 6.54 Å². The number of nitrogens with one attached hydrogen (secondary N) is 2. The number of carbonyl (C=O) groups excluding carboxylic acids is 2. The van der Waals surface area contributed by atoms with Crippen molar-refractivity contribution >= 4 is 41.2 Å². The summed E-state index contributed by atoms with van der Waals surface area (Å²) in [6.07, 6.45) is 0.871. The van der Waals surface area contributed by atoms with E-state index in [4.69, 9.17) is 5.73 Å². The fraction of sp³-hybridized carbons (Fsp3) is 0.267. The molecule has 1 aromatic carbocycles. The van der Waals surface area contributed by atoms with Crippen molar-refractivity contribution in [3.63, 3.8) is 0 Å². The van der Waals surface area contributed by atoms with E-state index in [2.05, 4.69) is 15.6 Å². The summed E-state index contributed by atoms with van der Waals surface area (Å²) in [5.41, 5.74) is 6.86. The zero-order chi connectivity index (χ0) is 15.9. The van der Waals surface area contributed by atoms with Crippen LogP contribution in [0, 0.1) is 0 Å². The van der Waals surface area contributed by atoms with Gasteiger partial charge in [0.05, 0.1) is 0 Å². The predicted molar refractivity (Wildman–Crippen MR) is 94.3 cm³/mol. The molecule has 0 saturated carbocycles. The van der Waals surface area contributed by atoms with Gasteiger partial charge in [0.15, 0.2) is 0 Å². The summed E-state index contributed by atoms with van der Waals surface area (Å²) in [6, 6.07) is 6.79. The Morgan fingerprint density at radius 2 is 2.09 bits per heavy atom. The van der Waals surface area contributed by atoms with Gasteiger partial charge in [0.2, 0.25) is 0 Å². The van der Waals surface area contributed by atoms with Gasteiger partial charge in [-0.25, -0.2) is 4.98 Å². The van der Waals surface area contributed by atoms with Crippen molar-refractivity contribution in [2.45, 2.75) is 19.9 Å². The smallest absolute Gasteiger partial charge is 0.275 e. The van der Waals surface area contributed by atoms with Gasteiger partial charge in [0, 0.05) is 29.7 Å². The average molecular weight is 355 g/mol. The Hall–Kier alpha value is -1.96. The Labute approximate surface area is 144 Å². The first kappa shape index (κ1) is 19.1. The first-order chi connectivity index (χ1) is 10.6. The van der Waals surface area contributed by atoms with E-state index in [-0.39, 0.29) is 24.2 Å². The zero-order valence-electron chi connectivity index (χ0n) is 12.7.